The maximum absolute atomic E-state index is 13.4. The van der Waals surface area contributed by atoms with Gasteiger partial charge in [-0.3, -0.25) is 0 Å². The van der Waals surface area contributed by atoms with Gasteiger partial charge in [0.1, 0.15) is 5.82 Å². The molecule has 0 bridgehead atoms. The Labute approximate surface area is 103 Å². The third-order valence-electron chi connectivity index (χ3n) is 3.67. The minimum Gasteiger partial charge on any atom is -0.310 e. The van der Waals surface area contributed by atoms with Crippen molar-refractivity contribution in [2.75, 3.05) is 6.54 Å². The van der Waals surface area contributed by atoms with E-state index in [1.54, 1.807) is 12.1 Å². The zero-order valence-electron chi connectivity index (χ0n) is 10.8. The molecule has 0 spiro atoms. The van der Waals surface area contributed by atoms with Gasteiger partial charge in [0.05, 0.1) is 0 Å². The van der Waals surface area contributed by atoms with Crippen LogP contribution in [0.2, 0.25) is 0 Å². The molecule has 1 N–H and O–H groups in total. The van der Waals surface area contributed by atoms with Gasteiger partial charge in [-0.2, -0.15) is 0 Å². The van der Waals surface area contributed by atoms with Crippen molar-refractivity contribution in [2.24, 2.45) is 5.92 Å². The maximum atomic E-state index is 13.4. The normalized spacial score (nSPS) is 24.2. The summed E-state index contributed by atoms with van der Waals surface area (Å²) in [6.07, 6.45) is 4.54. The van der Waals surface area contributed by atoms with Crippen molar-refractivity contribution in [2.45, 2.75) is 45.6 Å². The second-order valence-corrected chi connectivity index (χ2v) is 5.23. The Morgan fingerprint density at radius 2 is 2.24 bits per heavy atom. The SMILES string of the molecule is CCCNC1CC(C)CCc2ccc(F)cc21. The predicted octanol–water partition coefficient (Wildman–Crippen LogP) is 3.84. The number of hydrogen-bond acceptors (Lipinski definition) is 1. The van der Waals surface area contributed by atoms with Crippen LogP contribution in [0.15, 0.2) is 18.2 Å². The quantitative estimate of drug-likeness (QED) is 0.785. The zero-order chi connectivity index (χ0) is 12.3. The highest BCUT2D eigenvalue weighted by molar-refractivity contribution is 5.32. The summed E-state index contributed by atoms with van der Waals surface area (Å²) in [5.41, 5.74) is 2.51. The molecule has 0 aliphatic heterocycles. The number of hydrogen-bond donors (Lipinski definition) is 1. The molecular formula is C15H22FN. The van der Waals surface area contributed by atoms with Crippen LogP contribution in [-0.4, -0.2) is 6.54 Å². The van der Waals surface area contributed by atoms with Crippen LogP contribution < -0.4 is 5.32 Å². The van der Waals surface area contributed by atoms with Crippen LogP contribution in [0, 0.1) is 11.7 Å². The Kier molecular flexibility index (Phi) is 4.16. The number of benzene rings is 1. The predicted molar refractivity (Wildman–Crippen MR) is 69.5 cm³/mol. The van der Waals surface area contributed by atoms with Gasteiger partial charge < -0.3 is 5.32 Å². The van der Waals surface area contributed by atoms with Crippen LogP contribution in [0.25, 0.3) is 0 Å². The van der Waals surface area contributed by atoms with E-state index in [1.165, 1.54) is 17.5 Å². The highest BCUT2D eigenvalue weighted by Gasteiger charge is 2.22. The van der Waals surface area contributed by atoms with Gasteiger partial charge in [0.2, 0.25) is 0 Å². The molecule has 2 heteroatoms. The minimum atomic E-state index is -0.110. The van der Waals surface area contributed by atoms with Crippen LogP contribution in [0.3, 0.4) is 0 Å². The fourth-order valence-corrected chi connectivity index (χ4v) is 2.68. The largest absolute Gasteiger partial charge is 0.310 e. The summed E-state index contributed by atoms with van der Waals surface area (Å²) in [4.78, 5) is 0. The molecule has 0 heterocycles. The Hall–Kier alpha value is -0.890. The molecule has 0 amide bonds. The molecule has 0 saturated carbocycles. The summed E-state index contributed by atoms with van der Waals surface area (Å²) in [5, 5.41) is 3.56. The van der Waals surface area contributed by atoms with Gasteiger partial charge in [0.25, 0.3) is 0 Å². The number of rotatable bonds is 3. The van der Waals surface area contributed by atoms with Crippen molar-refractivity contribution in [3.05, 3.63) is 35.1 Å². The van der Waals surface area contributed by atoms with E-state index in [1.807, 2.05) is 6.07 Å². The highest BCUT2D eigenvalue weighted by Crippen LogP contribution is 2.32. The molecular weight excluding hydrogens is 213 g/mol. The fourth-order valence-electron chi connectivity index (χ4n) is 2.68. The van der Waals surface area contributed by atoms with E-state index < -0.39 is 0 Å². The molecule has 2 rings (SSSR count). The molecule has 2 atom stereocenters. The van der Waals surface area contributed by atoms with Gasteiger partial charge in [0, 0.05) is 6.04 Å². The van der Waals surface area contributed by atoms with Crippen molar-refractivity contribution in [3.63, 3.8) is 0 Å². The summed E-state index contributed by atoms with van der Waals surface area (Å²) in [7, 11) is 0. The Morgan fingerprint density at radius 3 is 3.00 bits per heavy atom. The molecule has 0 radical (unpaired) electrons. The smallest absolute Gasteiger partial charge is 0.123 e. The van der Waals surface area contributed by atoms with Gasteiger partial charge in [-0.05, 0) is 61.4 Å². The number of nitrogens with one attached hydrogen (secondary N) is 1. The van der Waals surface area contributed by atoms with E-state index in [4.69, 9.17) is 0 Å². The molecule has 1 aromatic rings. The molecule has 2 unspecified atom stereocenters. The lowest BCUT2D eigenvalue weighted by molar-refractivity contribution is 0.408. The van der Waals surface area contributed by atoms with Crippen LogP contribution in [0.1, 0.15) is 50.3 Å². The molecule has 1 aliphatic carbocycles. The van der Waals surface area contributed by atoms with Crippen molar-refractivity contribution in [3.8, 4) is 0 Å². The number of fused-ring (bicyclic) bond motifs is 1. The first kappa shape index (κ1) is 12.6. The lowest BCUT2D eigenvalue weighted by Crippen LogP contribution is -2.23. The minimum absolute atomic E-state index is 0.110. The Bertz CT molecular complexity index is 375. The average molecular weight is 235 g/mol. The highest BCUT2D eigenvalue weighted by atomic mass is 19.1. The summed E-state index contributed by atoms with van der Waals surface area (Å²) in [6.45, 7) is 5.47. The van der Waals surface area contributed by atoms with Gasteiger partial charge in [-0.15, -0.1) is 0 Å². The maximum Gasteiger partial charge on any atom is 0.123 e. The Morgan fingerprint density at radius 1 is 1.41 bits per heavy atom. The van der Waals surface area contributed by atoms with E-state index in [-0.39, 0.29) is 5.82 Å². The van der Waals surface area contributed by atoms with Crippen LogP contribution >= 0.6 is 0 Å². The van der Waals surface area contributed by atoms with E-state index in [0.29, 0.717) is 12.0 Å². The zero-order valence-corrected chi connectivity index (χ0v) is 10.8. The fraction of sp³-hybridized carbons (Fsp3) is 0.600. The second-order valence-electron chi connectivity index (χ2n) is 5.23. The van der Waals surface area contributed by atoms with E-state index in [2.05, 4.69) is 19.2 Å². The summed E-state index contributed by atoms with van der Waals surface area (Å²) < 4.78 is 13.4. The van der Waals surface area contributed by atoms with Gasteiger partial charge >= 0.3 is 0 Å². The molecule has 0 saturated heterocycles. The second kappa shape index (κ2) is 5.63. The first-order chi connectivity index (χ1) is 8.20. The summed E-state index contributed by atoms with van der Waals surface area (Å²) in [5.74, 6) is 0.599. The molecule has 1 aromatic carbocycles. The lowest BCUT2D eigenvalue weighted by atomic mass is 9.97. The molecule has 1 nitrogen and oxygen atoms in total. The lowest BCUT2D eigenvalue weighted by Gasteiger charge is -2.21. The third kappa shape index (κ3) is 3.06. The average Bonchev–Trinajstić information content (AvgIpc) is 2.47. The first-order valence-electron chi connectivity index (χ1n) is 6.72. The third-order valence-corrected chi connectivity index (χ3v) is 3.67. The topological polar surface area (TPSA) is 12.0 Å². The molecule has 0 fully saturated rings. The van der Waals surface area contributed by atoms with Crippen molar-refractivity contribution >= 4 is 0 Å². The van der Waals surface area contributed by atoms with E-state index in [0.717, 1.165) is 25.8 Å². The van der Waals surface area contributed by atoms with Crippen molar-refractivity contribution < 1.29 is 4.39 Å². The first-order valence-corrected chi connectivity index (χ1v) is 6.72. The molecule has 94 valence electrons. The number of halogens is 1. The van der Waals surface area contributed by atoms with Crippen molar-refractivity contribution in [1.82, 2.24) is 5.32 Å². The van der Waals surface area contributed by atoms with Gasteiger partial charge in [-0.25, -0.2) is 4.39 Å². The van der Waals surface area contributed by atoms with Crippen molar-refractivity contribution in [1.29, 1.82) is 0 Å². The number of aryl methyl sites for hydroxylation is 1. The van der Waals surface area contributed by atoms with Gasteiger partial charge in [-0.1, -0.05) is 19.9 Å². The summed E-state index contributed by atoms with van der Waals surface area (Å²) >= 11 is 0. The molecule has 1 aliphatic rings. The van der Waals surface area contributed by atoms with Crippen LogP contribution in [-0.2, 0) is 6.42 Å². The standard InChI is InChI=1S/C15H22FN/c1-3-8-17-15-9-11(2)4-5-12-6-7-13(16)10-14(12)15/h6-7,10-11,15,17H,3-5,8-9H2,1-2H3. The van der Waals surface area contributed by atoms with E-state index >= 15 is 0 Å². The summed E-state index contributed by atoms with van der Waals surface area (Å²) in [6, 6.07) is 5.61. The Balaban J connectivity index is 2.27. The van der Waals surface area contributed by atoms with E-state index in [9.17, 15) is 4.39 Å². The monoisotopic (exact) mass is 235 g/mol. The molecule has 0 aromatic heterocycles. The molecule has 17 heavy (non-hydrogen) atoms. The van der Waals surface area contributed by atoms with Crippen LogP contribution in [0.4, 0.5) is 4.39 Å². The van der Waals surface area contributed by atoms with Gasteiger partial charge in [0.15, 0.2) is 0 Å². The van der Waals surface area contributed by atoms with Crippen LogP contribution in [0.5, 0.6) is 0 Å².